The molecule has 1 aromatic rings. The van der Waals surface area contributed by atoms with E-state index in [1.807, 2.05) is 20.8 Å². The van der Waals surface area contributed by atoms with Gasteiger partial charge in [0.15, 0.2) is 0 Å². The number of carboxylic acid groups (broad SMARTS) is 1. The van der Waals surface area contributed by atoms with Crippen molar-refractivity contribution in [1.82, 2.24) is 15.3 Å². The summed E-state index contributed by atoms with van der Waals surface area (Å²) in [5.74, 6) is -0.655. The molecule has 4 rings (SSSR count). The van der Waals surface area contributed by atoms with Crippen LogP contribution in [0.1, 0.15) is 61.3 Å². The van der Waals surface area contributed by atoms with E-state index in [4.69, 9.17) is 0 Å². The standard InChI is InChI=1S/C18H25N3O3/c1-11-12(2)21-14(13(3)20-11)10-19-15(22)17-4-7-18(8-5-17,9-6-17)16(23)24/h4-10H2,1-3H3,(H,19,22)(H,23,24). The zero-order valence-electron chi connectivity index (χ0n) is 14.6. The Morgan fingerprint density at radius 3 is 1.96 bits per heavy atom. The minimum absolute atomic E-state index is 0.0422. The topological polar surface area (TPSA) is 92.2 Å². The van der Waals surface area contributed by atoms with Gasteiger partial charge < -0.3 is 10.4 Å². The molecule has 6 nitrogen and oxygen atoms in total. The van der Waals surface area contributed by atoms with Gasteiger partial charge >= 0.3 is 5.97 Å². The Morgan fingerprint density at radius 2 is 1.42 bits per heavy atom. The van der Waals surface area contributed by atoms with Crippen molar-refractivity contribution in [3.63, 3.8) is 0 Å². The van der Waals surface area contributed by atoms with Crippen LogP contribution < -0.4 is 5.32 Å². The zero-order chi connectivity index (χ0) is 17.5. The minimum Gasteiger partial charge on any atom is -0.481 e. The van der Waals surface area contributed by atoms with Crippen molar-refractivity contribution in [2.45, 2.75) is 65.8 Å². The molecule has 0 atom stereocenters. The Hall–Kier alpha value is -1.98. The number of amides is 1. The number of carboxylic acids is 1. The third-order valence-electron chi connectivity index (χ3n) is 6.18. The lowest BCUT2D eigenvalue weighted by Crippen LogP contribution is -2.52. The van der Waals surface area contributed by atoms with Gasteiger partial charge in [-0.25, -0.2) is 0 Å². The van der Waals surface area contributed by atoms with E-state index in [9.17, 15) is 14.7 Å². The summed E-state index contributed by atoms with van der Waals surface area (Å²) < 4.78 is 0. The average Bonchev–Trinajstić information content (AvgIpc) is 2.58. The molecule has 0 aliphatic heterocycles. The van der Waals surface area contributed by atoms with E-state index >= 15 is 0 Å². The highest BCUT2D eigenvalue weighted by molar-refractivity contribution is 5.84. The smallest absolute Gasteiger partial charge is 0.309 e. The summed E-state index contributed by atoms with van der Waals surface area (Å²) in [4.78, 5) is 33.3. The molecule has 6 heteroatoms. The van der Waals surface area contributed by atoms with Crippen LogP contribution in [0.25, 0.3) is 0 Å². The fourth-order valence-corrected chi connectivity index (χ4v) is 4.13. The quantitative estimate of drug-likeness (QED) is 0.884. The molecule has 24 heavy (non-hydrogen) atoms. The maximum absolute atomic E-state index is 12.8. The predicted molar refractivity (Wildman–Crippen MR) is 88.3 cm³/mol. The van der Waals surface area contributed by atoms with Gasteiger partial charge in [-0.2, -0.15) is 0 Å². The molecule has 0 unspecified atom stereocenters. The van der Waals surface area contributed by atoms with Crippen LogP contribution in [0.5, 0.6) is 0 Å². The highest BCUT2D eigenvalue weighted by Gasteiger charge is 2.55. The molecular weight excluding hydrogens is 306 g/mol. The molecule has 0 aromatic carbocycles. The summed E-state index contributed by atoms with van der Waals surface area (Å²) in [5.41, 5.74) is 2.45. The van der Waals surface area contributed by atoms with Crippen LogP contribution in [0.15, 0.2) is 0 Å². The van der Waals surface area contributed by atoms with Crippen molar-refractivity contribution in [2.24, 2.45) is 10.8 Å². The van der Waals surface area contributed by atoms with Gasteiger partial charge in [0.25, 0.3) is 0 Å². The van der Waals surface area contributed by atoms with E-state index in [0.29, 0.717) is 45.1 Å². The second-order valence-electron chi connectivity index (χ2n) is 7.48. The predicted octanol–water partition coefficient (Wildman–Crippen LogP) is 2.44. The van der Waals surface area contributed by atoms with Crippen LogP contribution in [0.3, 0.4) is 0 Å². The van der Waals surface area contributed by atoms with E-state index < -0.39 is 16.8 Å². The number of aromatic nitrogens is 2. The molecule has 3 saturated carbocycles. The van der Waals surface area contributed by atoms with Crippen molar-refractivity contribution >= 4 is 11.9 Å². The lowest BCUT2D eigenvalue weighted by molar-refractivity contribution is -0.163. The van der Waals surface area contributed by atoms with Gasteiger partial charge in [0, 0.05) is 5.41 Å². The molecule has 2 N–H and O–H groups in total. The number of rotatable bonds is 4. The number of fused-ring (bicyclic) bond motifs is 3. The second-order valence-corrected chi connectivity index (χ2v) is 7.48. The first kappa shape index (κ1) is 16.9. The molecular formula is C18H25N3O3. The number of hydrogen-bond donors (Lipinski definition) is 2. The van der Waals surface area contributed by atoms with Crippen LogP contribution in [0.4, 0.5) is 0 Å². The summed E-state index contributed by atoms with van der Waals surface area (Å²) >= 11 is 0. The molecule has 3 fully saturated rings. The summed E-state index contributed by atoms with van der Waals surface area (Å²) in [6.45, 7) is 6.13. The highest BCUT2D eigenvalue weighted by Crippen LogP contribution is 2.57. The number of nitrogens with one attached hydrogen (secondary N) is 1. The molecule has 2 bridgehead atoms. The van der Waals surface area contributed by atoms with Crippen LogP contribution in [-0.4, -0.2) is 27.0 Å². The number of nitrogens with zero attached hydrogens (tertiary/aromatic N) is 2. The van der Waals surface area contributed by atoms with Gasteiger partial charge in [0.1, 0.15) is 0 Å². The van der Waals surface area contributed by atoms with Crippen LogP contribution >= 0.6 is 0 Å². The number of hydrogen-bond acceptors (Lipinski definition) is 4. The fraction of sp³-hybridized carbons (Fsp3) is 0.667. The van der Waals surface area contributed by atoms with Gasteiger partial charge in [-0.1, -0.05) is 0 Å². The average molecular weight is 331 g/mol. The van der Waals surface area contributed by atoms with Gasteiger partial charge in [-0.05, 0) is 59.3 Å². The third kappa shape index (κ3) is 2.68. The fourth-order valence-electron chi connectivity index (χ4n) is 4.13. The van der Waals surface area contributed by atoms with Crippen molar-refractivity contribution in [1.29, 1.82) is 0 Å². The van der Waals surface area contributed by atoms with E-state index in [1.54, 1.807) is 0 Å². The van der Waals surface area contributed by atoms with Crippen molar-refractivity contribution in [2.75, 3.05) is 0 Å². The SMILES string of the molecule is Cc1nc(C)c(CNC(=O)C23CCC(C(=O)O)(CC2)CC3)nc1C. The Bertz CT molecular complexity index is 674. The van der Waals surface area contributed by atoms with Crippen molar-refractivity contribution < 1.29 is 14.7 Å². The Labute approximate surface area is 142 Å². The molecule has 3 aliphatic carbocycles. The molecule has 0 radical (unpaired) electrons. The Kier molecular flexibility index (Phi) is 4.10. The Balaban J connectivity index is 1.67. The van der Waals surface area contributed by atoms with Crippen LogP contribution in [0.2, 0.25) is 0 Å². The van der Waals surface area contributed by atoms with E-state index in [-0.39, 0.29) is 5.91 Å². The Morgan fingerprint density at radius 1 is 0.917 bits per heavy atom. The summed E-state index contributed by atoms with van der Waals surface area (Å²) in [7, 11) is 0. The highest BCUT2D eigenvalue weighted by atomic mass is 16.4. The number of aryl methyl sites for hydroxylation is 3. The van der Waals surface area contributed by atoms with Gasteiger partial charge in [-0.3, -0.25) is 19.6 Å². The van der Waals surface area contributed by atoms with Crippen molar-refractivity contribution in [3.05, 3.63) is 22.8 Å². The lowest BCUT2D eigenvalue weighted by atomic mass is 9.53. The van der Waals surface area contributed by atoms with E-state index in [2.05, 4.69) is 15.3 Å². The van der Waals surface area contributed by atoms with E-state index in [0.717, 1.165) is 22.8 Å². The minimum atomic E-state index is -0.697. The number of carbonyl (C=O) groups is 2. The molecule has 0 spiro atoms. The first-order valence-electron chi connectivity index (χ1n) is 8.60. The maximum Gasteiger partial charge on any atom is 0.309 e. The van der Waals surface area contributed by atoms with Crippen molar-refractivity contribution in [3.8, 4) is 0 Å². The second kappa shape index (κ2) is 5.83. The van der Waals surface area contributed by atoms with Crippen LogP contribution in [0, 0.1) is 31.6 Å². The molecule has 0 saturated heterocycles. The molecule has 1 amide bonds. The summed E-state index contributed by atoms with van der Waals surface area (Å²) in [5, 5.41) is 12.5. The molecule has 3 aliphatic rings. The third-order valence-corrected chi connectivity index (χ3v) is 6.18. The van der Waals surface area contributed by atoms with Crippen LogP contribution in [-0.2, 0) is 16.1 Å². The van der Waals surface area contributed by atoms with Gasteiger partial charge in [-0.15, -0.1) is 0 Å². The zero-order valence-corrected chi connectivity index (χ0v) is 14.6. The number of aliphatic carboxylic acids is 1. The largest absolute Gasteiger partial charge is 0.481 e. The number of carbonyl (C=O) groups excluding carboxylic acids is 1. The normalized spacial score (nSPS) is 28.6. The molecule has 1 heterocycles. The maximum atomic E-state index is 12.8. The van der Waals surface area contributed by atoms with Gasteiger partial charge in [0.2, 0.25) is 5.91 Å². The lowest BCUT2D eigenvalue weighted by Gasteiger charge is -2.50. The first-order chi connectivity index (χ1) is 11.3. The summed E-state index contributed by atoms with van der Waals surface area (Å²) in [6, 6.07) is 0. The summed E-state index contributed by atoms with van der Waals surface area (Å²) in [6.07, 6.45) is 3.84. The first-order valence-corrected chi connectivity index (χ1v) is 8.60. The molecule has 1 aromatic heterocycles. The van der Waals surface area contributed by atoms with E-state index in [1.165, 1.54) is 0 Å². The molecule has 130 valence electrons. The van der Waals surface area contributed by atoms with Gasteiger partial charge in [0.05, 0.1) is 34.7 Å². The monoisotopic (exact) mass is 331 g/mol.